The van der Waals surface area contributed by atoms with Gasteiger partial charge in [-0.3, -0.25) is 0 Å². The van der Waals surface area contributed by atoms with Crippen molar-refractivity contribution in [1.82, 2.24) is 9.88 Å². The number of hydrogen-bond donors (Lipinski definition) is 2. The van der Waals surface area contributed by atoms with Gasteiger partial charge in [0.15, 0.2) is 0 Å². The van der Waals surface area contributed by atoms with E-state index >= 15 is 0 Å². The average Bonchev–Trinajstić information content (AvgIpc) is 2.66. The Labute approximate surface area is 98.9 Å². The number of hydrogen-bond acceptors (Lipinski definition) is 1. The molecule has 2 heterocycles. The maximum atomic E-state index is 10.7. The van der Waals surface area contributed by atoms with Gasteiger partial charge in [0.05, 0.1) is 6.04 Å². The number of fused-ring (bicyclic) bond motifs is 3. The van der Waals surface area contributed by atoms with Crippen molar-refractivity contribution in [2.45, 2.75) is 25.4 Å². The van der Waals surface area contributed by atoms with Crippen LogP contribution in [0, 0.1) is 0 Å². The molecule has 88 valence electrons. The summed E-state index contributed by atoms with van der Waals surface area (Å²) in [5.74, 6) is 0. The first kappa shape index (κ1) is 10.2. The van der Waals surface area contributed by atoms with E-state index < -0.39 is 6.09 Å². The molecule has 3 rings (SSSR count). The Morgan fingerprint density at radius 3 is 3.06 bits per heavy atom. The van der Waals surface area contributed by atoms with E-state index in [-0.39, 0.29) is 6.04 Å². The van der Waals surface area contributed by atoms with Crippen molar-refractivity contribution in [3.8, 4) is 0 Å². The maximum absolute atomic E-state index is 10.7. The van der Waals surface area contributed by atoms with Gasteiger partial charge in [-0.1, -0.05) is 18.2 Å². The van der Waals surface area contributed by atoms with Crippen molar-refractivity contribution >= 4 is 17.0 Å². The van der Waals surface area contributed by atoms with Crippen LogP contribution in [0.5, 0.6) is 0 Å². The fourth-order valence-corrected chi connectivity index (χ4v) is 2.62. The molecule has 0 saturated carbocycles. The van der Waals surface area contributed by atoms with Gasteiger partial charge in [-0.25, -0.2) is 4.79 Å². The molecule has 1 unspecified atom stereocenters. The molecule has 2 N–H and O–H groups in total. The van der Waals surface area contributed by atoms with E-state index in [1.807, 2.05) is 12.1 Å². The second kappa shape index (κ2) is 3.80. The largest absolute Gasteiger partial charge is 0.465 e. The van der Waals surface area contributed by atoms with Gasteiger partial charge in [0.2, 0.25) is 0 Å². The number of rotatable bonds is 1. The van der Waals surface area contributed by atoms with Crippen molar-refractivity contribution in [3.05, 3.63) is 36.0 Å². The van der Waals surface area contributed by atoms with Crippen molar-refractivity contribution in [3.63, 3.8) is 0 Å². The number of aryl methyl sites for hydroxylation is 1. The van der Waals surface area contributed by atoms with Crippen molar-refractivity contribution in [2.24, 2.45) is 0 Å². The van der Waals surface area contributed by atoms with E-state index in [9.17, 15) is 4.79 Å². The molecule has 1 aliphatic heterocycles. The predicted molar refractivity (Wildman–Crippen MR) is 65.2 cm³/mol. The van der Waals surface area contributed by atoms with Gasteiger partial charge in [-0.2, -0.15) is 0 Å². The van der Waals surface area contributed by atoms with Crippen LogP contribution >= 0.6 is 0 Å². The monoisotopic (exact) mass is 230 g/mol. The molecule has 1 aliphatic rings. The third-order valence-electron chi connectivity index (χ3n) is 3.38. The summed E-state index contributed by atoms with van der Waals surface area (Å²) in [4.78, 5) is 10.7. The standard InChI is InChI=1S/C13H14N2O2/c16-13(17)14-10-5-6-11-7-9-3-1-2-4-12(9)15(11)8-10/h1-4,7,10,14H,5-6,8H2,(H,16,17). The lowest BCUT2D eigenvalue weighted by molar-refractivity contribution is 0.186. The van der Waals surface area contributed by atoms with Crippen molar-refractivity contribution in [2.75, 3.05) is 0 Å². The van der Waals surface area contributed by atoms with E-state index in [1.54, 1.807) is 0 Å². The number of carboxylic acid groups (broad SMARTS) is 1. The summed E-state index contributed by atoms with van der Waals surface area (Å²) in [7, 11) is 0. The van der Waals surface area contributed by atoms with E-state index in [4.69, 9.17) is 5.11 Å². The van der Waals surface area contributed by atoms with Crippen LogP contribution in [0.2, 0.25) is 0 Å². The minimum atomic E-state index is -0.935. The Kier molecular flexibility index (Phi) is 2.28. The summed E-state index contributed by atoms with van der Waals surface area (Å²) >= 11 is 0. The SMILES string of the molecule is O=C(O)NC1CCc2cc3ccccc3n2C1. The molecule has 0 bridgehead atoms. The van der Waals surface area contributed by atoms with Crippen LogP contribution < -0.4 is 5.32 Å². The summed E-state index contributed by atoms with van der Waals surface area (Å²) in [5, 5.41) is 12.6. The zero-order valence-electron chi connectivity index (χ0n) is 9.39. The highest BCUT2D eigenvalue weighted by molar-refractivity contribution is 5.81. The maximum Gasteiger partial charge on any atom is 0.404 e. The number of amides is 1. The van der Waals surface area contributed by atoms with Crippen LogP contribution in [-0.2, 0) is 13.0 Å². The average molecular weight is 230 g/mol. The van der Waals surface area contributed by atoms with Crippen molar-refractivity contribution < 1.29 is 9.90 Å². The summed E-state index contributed by atoms with van der Waals surface area (Å²) in [6, 6.07) is 10.5. The molecule has 0 fully saturated rings. The Morgan fingerprint density at radius 1 is 1.41 bits per heavy atom. The molecule has 17 heavy (non-hydrogen) atoms. The molecule has 1 amide bonds. The number of aromatic nitrogens is 1. The van der Waals surface area contributed by atoms with Gasteiger partial charge >= 0.3 is 6.09 Å². The highest BCUT2D eigenvalue weighted by Crippen LogP contribution is 2.25. The number of benzene rings is 1. The Balaban J connectivity index is 1.97. The van der Waals surface area contributed by atoms with Gasteiger partial charge in [0, 0.05) is 17.8 Å². The minimum absolute atomic E-state index is 0.0239. The molecule has 1 aromatic carbocycles. The molecule has 0 radical (unpaired) electrons. The lowest BCUT2D eigenvalue weighted by Gasteiger charge is -2.25. The number of carbonyl (C=O) groups is 1. The number of nitrogens with one attached hydrogen (secondary N) is 1. The number of para-hydroxylation sites is 1. The number of nitrogens with zero attached hydrogens (tertiary/aromatic N) is 1. The first-order chi connectivity index (χ1) is 8.24. The van der Waals surface area contributed by atoms with Crippen LogP contribution in [0.4, 0.5) is 4.79 Å². The molecule has 0 aliphatic carbocycles. The summed E-state index contributed by atoms with van der Waals surface area (Å²) in [6.45, 7) is 0.731. The summed E-state index contributed by atoms with van der Waals surface area (Å²) < 4.78 is 2.22. The molecular weight excluding hydrogens is 216 g/mol. The highest BCUT2D eigenvalue weighted by Gasteiger charge is 2.21. The second-order valence-corrected chi connectivity index (χ2v) is 4.49. The minimum Gasteiger partial charge on any atom is -0.465 e. The zero-order chi connectivity index (χ0) is 11.8. The third kappa shape index (κ3) is 1.75. The quantitative estimate of drug-likeness (QED) is 0.789. The first-order valence-corrected chi connectivity index (χ1v) is 5.80. The Morgan fingerprint density at radius 2 is 2.24 bits per heavy atom. The van der Waals surface area contributed by atoms with E-state index in [1.165, 1.54) is 16.6 Å². The Hall–Kier alpha value is -1.97. The fraction of sp³-hybridized carbons (Fsp3) is 0.308. The van der Waals surface area contributed by atoms with E-state index in [2.05, 4.69) is 28.1 Å². The van der Waals surface area contributed by atoms with Gasteiger partial charge in [0.25, 0.3) is 0 Å². The van der Waals surface area contributed by atoms with Gasteiger partial charge in [0.1, 0.15) is 0 Å². The normalized spacial score (nSPS) is 18.9. The zero-order valence-corrected chi connectivity index (χ0v) is 9.39. The van der Waals surface area contributed by atoms with Crippen molar-refractivity contribution in [1.29, 1.82) is 0 Å². The predicted octanol–water partition coefficient (Wildman–Crippen LogP) is 2.22. The van der Waals surface area contributed by atoms with E-state index in [0.717, 1.165) is 19.4 Å². The van der Waals surface area contributed by atoms with Crippen LogP contribution in [0.15, 0.2) is 30.3 Å². The highest BCUT2D eigenvalue weighted by atomic mass is 16.4. The molecule has 0 saturated heterocycles. The molecule has 2 aromatic rings. The molecular formula is C13H14N2O2. The smallest absolute Gasteiger partial charge is 0.404 e. The summed E-state index contributed by atoms with van der Waals surface area (Å²) in [5.41, 5.74) is 2.49. The van der Waals surface area contributed by atoms with Crippen LogP contribution in [0.1, 0.15) is 12.1 Å². The van der Waals surface area contributed by atoms with Crippen LogP contribution in [-0.4, -0.2) is 21.8 Å². The summed E-state index contributed by atoms with van der Waals surface area (Å²) in [6.07, 6.45) is 0.873. The fourth-order valence-electron chi connectivity index (χ4n) is 2.62. The molecule has 4 heteroatoms. The molecule has 4 nitrogen and oxygen atoms in total. The van der Waals surface area contributed by atoms with E-state index in [0.29, 0.717) is 0 Å². The topological polar surface area (TPSA) is 54.3 Å². The molecule has 0 spiro atoms. The van der Waals surface area contributed by atoms with Gasteiger partial charge in [-0.15, -0.1) is 0 Å². The van der Waals surface area contributed by atoms with Crippen LogP contribution in [0.25, 0.3) is 10.9 Å². The van der Waals surface area contributed by atoms with Crippen LogP contribution in [0.3, 0.4) is 0 Å². The Bertz CT molecular complexity index is 574. The molecule has 1 atom stereocenters. The lowest BCUT2D eigenvalue weighted by Crippen LogP contribution is -2.40. The second-order valence-electron chi connectivity index (χ2n) is 4.49. The van der Waals surface area contributed by atoms with Gasteiger partial charge < -0.3 is 15.0 Å². The third-order valence-corrected chi connectivity index (χ3v) is 3.38. The van der Waals surface area contributed by atoms with Gasteiger partial charge in [-0.05, 0) is 30.4 Å². The lowest BCUT2D eigenvalue weighted by atomic mass is 10.1. The molecule has 1 aromatic heterocycles. The first-order valence-electron chi connectivity index (χ1n) is 5.80.